The first-order valence-electron chi connectivity index (χ1n) is 21.8. The fourth-order valence-corrected chi connectivity index (χ4v) is 10.6. The van der Waals surface area contributed by atoms with Crippen LogP contribution in [-0.4, -0.2) is 117 Å². The molecule has 4 aliphatic heterocycles. The van der Waals surface area contributed by atoms with Crippen LogP contribution in [0, 0.1) is 17.1 Å². The molecule has 356 valence electrons. The first-order valence-corrected chi connectivity index (χ1v) is 24.5. The Hall–Kier alpha value is -6.06. The van der Waals surface area contributed by atoms with E-state index in [1.54, 1.807) is 24.0 Å². The van der Waals surface area contributed by atoms with E-state index in [9.17, 15) is 45.2 Å². The topological polar surface area (TPSA) is 240 Å². The summed E-state index contributed by atoms with van der Waals surface area (Å²) in [6, 6.07) is 12.5. The average Bonchev–Trinajstić information content (AvgIpc) is 3.69. The van der Waals surface area contributed by atoms with Crippen molar-refractivity contribution in [3.05, 3.63) is 87.7 Å². The Morgan fingerprint density at radius 3 is 2.48 bits per heavy atom. The minimum Gasteiger partial charge on any atom is -0.453 e. The van der Waals surface area contributed by atoms with Gasteiger partial charge in [-0.3, -0.25) is 38.7 Å². The molecule has 2 N–H and O–H groups in total. The third-order valence-electron chi connectivity index (χ3n) is 13.2. The van der Waals surface area contributed by atoms with Crippen LogP contribution >= 0.6 is 0 Å². The number of amides is 3. The van der Waals surface area contributed by atoms with Gasteiger partial charge in [-0.25, -0.2) is 9.37 Å². The zero-order valence-electron chi connectivity index (χ0n) is 36.6. The predicted octanol–water partition coefficient (Wildman–Crippen LogP) is 4.12. The average molecular weight is 967 g/mol. The van der Waals surface area contributed by atoms with Gasteiger partial charge in [0.1, 0.15) is 23.1 Å². The van der Waals surface area contributed by atoms with Crippen LogP contribution in [0.25, 0.3) is 10.9 Å². The van der Waals surface area contributed by atoms with Crippen LogP contribution in [0.4, 0.5) is 14.0 Å². The van der Waals surface area contributed by atoms with Gasteiger partial charge in [0.05, 0.1) is 53.6 Å². The van der Waals surface area contributed by atoms with Crippen molar-refractivity contribution in [3.63, 3.8) is 0 Å². The zero-order chi connectivity index (χ0) is 47.8. The maximum absolute atomic E-state index is 15.1. The highest BCUT2D eigenvalue weighted by Gasteiger charge is 2.44. The number of rotatable bonds is 13. The lowest BCUT2D eigenvalue weighted by Crippen LogP contribution is -2.50. The lowest BCUT2D eigenvalue weighted by atomic mass is 9.85. The molecule has 0 radical (unpaired) electrons. The second-order valence-corrected chi connectivity index (χ2v) is 20.0. The van der Waals surface area contributed by atoms with E-state index in [0.717, 1.165) is 16.4 Å². The molecule has 4 aliphatic rings. The Bertz CT molecular complexity index is 2950. The van der Waals surface area contributed by atoms with Gasteiger partial charge in [-0.1, -0.05) is 22.9 Å². The number of hydrogen-bond donors (Lipinski definition) is 2. The van der Waals surface area contributed by atoms with Gasteiger partial charge in [0, 0.05) is 33.1 Å². The first kappa shape index (κ1) is 47.4. The number of likely N-dealkylation sites (tertiary alicyclic amines) is 2. The van der Waals surface area contributed by atoms with Crippen molar-refractivity contribution >= 4 is 55.0 Å². The SMILES string of the molecule is CCN(C)S(=O)(=O)Nc1ccc(F)c(Oc2ccc3ncn(C4COC5(CCN(C(=O)CN6CCC(c7ccc(C8CCC(=O)NC8=O)cc7OS(=O)(=O)F)CC6)CC5)C4)c(=O)c3c2)c1C#N. The molecule has 4 saturated heterocycles. The highest BCUT2D eigenvalue weighted by molar-refractivity contribution is 7.90. The van der Waals surface area contributed by atoms with Crippen molar-refractivity contribution in [2.75, 3.05) is 57.6 Å². The molecule has 2 unspecified atom stereocenters. The molecule has 0 bridgehead atoms. The minimum absolute atomic E-state index is 0.0130. The van der Waals surface area contributed by atoms with Gasteiger partial charge in [-0.05, 0) is 105 Å². The third kappa shape index (κ3) is 10.3. The Balaban J connectivity index is 0.871. The number of carbonyl (C=O) groups is 3. The number of anilines is 1. The van der Waals surface area contributed by atoms with Gasteiger partial charge in [-0.15, -0.1) is 0 Å². The van der Waals surface area contributed by atoms with Crippen LogP contribution in [0.3, 0.4) is 0 Å². The summed E-state index contributed by atoms with van der Waals surface area (Å²) in [5.74, 6) is -3.56. The number of piperidine rings is 3. The van der Waals surface area contributed by atoms with E-state index in [0.29, 0.717) is 74.9 Å². The molecule has 0 aliphatic carbocycles. The summed E-state index contributed by atoms with van der Waals surface area (Å²) >= 11 is 0. The Kier molecular flexibility index (Phi) is 13.4. The molecule has 4 fully saturated rings. The molecule has 3 amide bonds. The van der Waals surface area contributed by atoms with Gasteiger partial charge in [-0.2, -0.15) is 26.4 Å². The number of hydrogen-bond acceptors (Lipinski definition) is 14. The second-order valence-electron chi connectivity index (χ2n) is 17.2. The van der Waals surface area contributed by atoms with Crippen molar-refractivity contribution in [3.8, 4) is 23.3 Å². The van der Waals surface area contributed by atoms with Crippen molar-refractivity contribution in [1.29, 1.82) is 5.26 Å². The van der Waals surface area contributed by atoms with Gasteiger partial charge in [0.2, 0.25) is 17.7 Å². The molecule has 23 heteroatoms. The molecule has 8 rings (SSSR count). The predicted molar refractivity (Wildman–Crippen MR) is 237 cm³/mol. The number of carbonyl (C=O) groups excluding carboxylic acids is 3. The Morgan fingerprint density at radius 2 is 1.79 bits per heavy atom. The fraction of sp³-hybridized carbons (Fsp3) is 0.455. The summed E-state index contributed by atoms with van der Waals surface area (Å²) in [5.41, 5.74) is -0.345. The molecule has 1 aromatic heterocycles. The summed E-state index contributed by atoms with van der Waals surface area (Å²) in [6.45, 7) is 4.03. The van der Waals surface area contributed by atoms with Crippen LogP contribution in [-0.2, 0) is 39.8 Å². The van der Waals surface area contributed by atoms with Crippen LogP contribution in [0.2, 0.25) is 0 Å². The van der Waals surface area contributed by atoms with Crippen molar-refractivity contribution in [1.82, 2.24) is 29.0 Å². The molecule has 3 aromatic carbocycles. The third-order valence-corrected chi connectivity index (χ3v) is 15.1. The molecule has 5 heterocycles. The summed E-state index contributed by atoms with van der Waals surface area (Å²) in [4.78, 5) is 59.9. The molecule has 67 heavy (non-hydrogen) atoms. The van der Waals surface area contributed by atoms with E-state index >= 15 is 4.39 Å². The molecular formula is C44H48F2N8O11S2. The van der Waals surface area contributed by atoms with Gasteiger partial charge in [0.15, 0.2) is 11.6 Å². The molecular weight excluding hydrogens is 919 g/mol. The van der Waals surface area contributed by atoms with Gasteiger partial charge in [0.25, 0.3) is 5.56 Å². The van der Waals surface area contributed by atoms with E-state index < -0.39 is 66.7 Å². The normalized spacial score (nSPS) is 20.5. The smallest absolute Gasteiger partial charge is 0.453 e. The summed E-state index contributed by atoms with van der Waals surface area (Å²) < 4.78 is 99.2. The number of fused-ring (bicyclic) bond motifs is 1. The van der Waals surface area contributed by atoms with Crippen molar-refractivity contribution in [2.45, 2.75) is 75.3 Å². The quantitative estimate of drug-likeness (QED) is 0.142. The van der Waals surface area contributed by atoms with E-state index in [1.165, 1.54) is 42.2 Å². The lowest BCUT2D eigenvalue weighted by Gasteiger charge is -2.40. The Morgan fingerprint density at radius 1 is 1.04 bits per heavy atom. The second kappa shape index (κ2) is 18.9. The van der Waals surface area contributed by atoms with Crippen molar-refractivity contribution in [2.24, 2.45) is 0 Å². The molecule has 0 saturated carbocycles. The van der Waals surface area contributed by atoms with Gasteiger partial charge < -0.3 is 18.6 Å². The Labute approximate surface area is 385 Å². The van der Waals surface area contributed by atoms with E-state index in [1.807, 2.05) is 11.0 Å². The molecule has 19 nitrogen and oxygen atoms in total. The highest BCUT2D eigenvalue weighted by Crippen LogP contribution is 2.42. The van der Waals surface area contributed by atoms with Crippen molar-refractivity contribution < 1.29 is 53.2 Å². The summed E-state index contributed by atoms with van der Waals surface area (Å²) in [6.07, 6.45) is 4.41. The lowest BCUT2D eigenvalue weighted by molar-refractivity contribution is -0.137. The van der Waals surface area contributed by atoms with E-state index in [-0.39, 0.29) is 73.0 Å². The van der Waals surface area contributed by atoms with Crippen LogP contribution in [0.15, 0.2) is 59.7 Å². The van der Waals surface area contributed by atoms with E-state index in [4.69, 9.17) is 13.7 Å². The van der Waals surface area contributed by atoms with Gasteiger partial charge >= 0.3 is 20.7 Å². The van der Waals surface area contributed by atoms with Crippen LogP contribution < -0.4 is 24.5 Å². The highest BCUT2D eigenvalue weighted by atomic mass is 32.3. The standard InChI is InChI=1S/C44H48F2N8O11S2/c1-3-51(2)67(61,62)50-37-10-8-35(45)41(34(37)23-47)64-30-5-9-36-33(21-30)43(58)54(26-48-36)29-22-44(63-25-29)14-18-53(19-15-44)40(56)24-52-16-12-27(13-17-52)31-6-4-28(20-38(31)65-66(46,59)60)32-7-11-39(55)49-42(32)57/h4-6,8-10,20-21,26-27,29,32,50H,3,7,11-19,22,24-25H2,1-2H3,(H,49,55,57). The molecule has 4 aromatic rings. The maximum Gasteiger partial charge on any atom is 0.488 e. The number of aromatic nitrogens is 2. The van der Waals surface area contributed by atoms with Crippen LogP contribution in [0.5, 0.6) is 17.2 Å². The number of halogens is 2. The number of ether oxygens (including phenoxy) is 2. The summed E-state index contributed by atoms with van der Waals surface area (Å²) in [7, 11) is -8.09. The zero-order valence-corrected chi connectivity index (χ0v) is 38.2. The van der Waals surface area contributed by atoms with Crippen LogP contribution in [0.1, 0.15) is 86.4 Å². The monoisotopic (exact) mass is 966 g/mol. The summed E-state index contributed by atoms with van der Waals surface area (Å²) in [5, 5.41) is 12.3. The fourth-order valence-electron chi connectivity index (χ4n) is 9.30. The van der Waals surface area contributed by atoms with E-state index in [2.05, 4.69) is 15.0 Å². The first-order chi connectivity index (χ1) is 31.9. The minimum atomic E-state index is -5.38. The largest absolute Gasteiger partial charge is 0.488 e. The number of nitrogens with one attached hydrogen (secondary N) is 2. The number of nitrogens with zero attached hydrogens (tertiary/aromatic N) is 6. The molecule has 1 spiro atoms. The number of imide groups is 1. The maximum atomic E-state index is 15.1. The number of nitriles is 1. The molecule has 2 atom stereocenters. The number of benzene rings is 3.